The maximum atomic E-state index is 13.8. The number of hydrogen-bond donors (Lipinski definition) is 1. The number of fused-ring (bicyclic) bond motifs is 1. The zero-order valence-corrected chi connectivity index (χ0v) is 24.2. The first-order chi connectivity index (χ1) is 17.9. The number of hydrogen-bond acceptors (Lipinski definition) is 6. The Morgan fingerprint density at radius 1 is 1.03 bits per heavy atom. The Kier molecular flexibility index (Phi) is 10.1. The normalized spacial score (nSPS) is 14.4. The molecule has 1 N–H and O–H groups in total. The van der Waals surface area contributed by atoms with E-state index in [1.54, 1.807) is 37.3 Å². The lowest BCUT2D eigenvalue weighted by Gasteiger charge is -2.33. The summed E-state index contributed by atoms with van der Waals surface area (Å²) in [6.45, 7) is 5.78. The van der Waals surface area contributed by atoms with Crippen LogP contribution >= 0.6 is 23.2 Å². The summed E-state index contributed by atoms with van der Waals surface area (Å²) in [7, 11) is -3.89. The van der Waals surface area contributed by atoms with E-state index in [1.807, 2.05) is 13.8 Å². The molecule has 2 aromatic carbocycles. The van der Waals surface area contributed by atoms with Crippen LogP contribution in [0.3, 0.4) is 0 Å². The van der Waals surface area contributed by atoms with Gasteiger partial charge in [0.15, 0.2) is 11.5 Å². The minimum Gasteiger partial charge on any atom is -0.486 e. The number of sulfonamides is 1. The molecule has 0 aliphatic carbocycles. The summed E-state index contributed by atoms with van der Waals surface area (Å²) in [5, 5.41) is 3.69. The number of ether oxygens (including phenoxy) is 2. The van der Waals surface area contributed by atoms with E-state index in [1.165, 1.54) is 11.0 Å². The SMILES string of the molecule is CCC(C)NC(=O)C(CC)N(Cc1ccc(Cl)cc1Cl)C(=O)CN(c1ccc2c(c1)OCCO2)S(C)(=O)=O. The highest BCUT2D eigenvalue weighted by molar-refractivity contribution is 7.92. The van der Waals surface area contributed by atoms with Crippen molar-refractivity contribution >= 4 is 50.7 Å². The summed E-state index contributed by atoms with van der Waals surface area (Å²) < 4.78 is 37.8. The summed E-state index contributed by atoms with van der Waals surface area (Å²) in [4.78, 5) is 28.4. The van der Waals surface area contributed by atoms with Gasteiger partial charge in [-0.15, -0.1) is 0 Å². The molecule has 2 atom stereocenters. The molecule has 208 valence electrons. The number of anilines is 1. The minimum absolute atomic E-state index is 0.0139. The number of benzene rings is 2. The van der Waals surface area contributed by atoms with Crippen molar-refractivity contribution in [2.24, 2.45) is 0 Å². The van der Waals surface area contributed by atoms with Crippen molar-refractivity contribution in [3.05, 3.63) is 52.0 Å². The van der Waals surface area contributed by atoms with Gasteiger partial charge in [0, 0.05) is 28.7 Å². The Morgan fingerprint density at radius 3 is 2.32 bits per heavy atom. The van der Waals surface area contributed by atoms with Crippen LogP contribution in [0.4, 0.5) is 5.69 Å². The highest BCUT2D eigenvalue weighted by Gasteiger charge is 2.33. The van der Waals surface area contributed by atoms with Crippen LogP contribution in [-0.2, 0) is 26.2 Å². The monoisotopic (exact) mass is 585 g/mol. The fourth-order valence-corrected chi connectivity index (χ4v) is 5.30. The maximum absolute atomic E-state index is 13.8. The van der Waals surface area contributed by atoms with E-state index in [0.29, 0.717) is 53.2 Å². The fraction of sp³-hybridized carbons (Fsp3) is 0.462. The fourth-order valence-electron chi connectivity index (χ4n) is 3.99. The molecule has 0 fully saturated rings. The van der Waals surface area contributed by atoms with Gasteiger partial charge < -0.3 is 19.7 Å². The Labute approximate surface area is 234 Å². The minimum atomic E-state index is -3.89. The molecule has 0 saturated carbocycles. The molecule has 0 bridgehead atoms. The Balaban J connectivity index is 1.98. The molecule has 1 aliphatic heterocycles. The number of rotatable bonds is 11. The Bertz CT molecular complexity index is 1270. The van der Waals surface area contributed by atoms with Gasteiger partial charge >= 0.3 is 0 Å². The summed E-state index contributed by atoms with van der Waals surface area (Å²) in [6, 6.07) is 8.60. The van der Waals surface area contributed by atoms with Crippen molar-refractivity contribution in [1.29, 1.82) is 0 Å². The lowest BCUT2D eigenvalue weighted by atomic mass is 10.1. The molecule has 2 unspecified atom stereocenters. The van der Waals surface area contributed by atoms with E-state index in [2.05, 4.69) is 5.32 Å². The molecule has 1 heterocycles. The topological polar surface area (TPSA) is 105 Å². The second-order valence-corrected chi connectivity index (χ2v) is 11.8. The van der Waals surface area contributed by atoms with E-state index < -0.39 is 28.5 Å². The van der Waals surface area contributed by atoms with Gasteiger partial charge in [-0.2, -0.15) is 0 Å². The average molecular weight is 587 g/mol. The molecule has 2 aromatic rings. The van der Waals surface area contributed by atoms with E-state index >= 15 is 0 Å². The third-order valence-electron chi connectivity index (χ3n) is 6.24. The quantitative estimate of drug-likeness (QED) is 0.422. The zero-order valence-electron chi connectivity index (χ0n) is 21.9. The molecule has 0 radical (unpaired) electrons. The average Bonchev–Trinajstić information content (AvgIpc) is 2.87. The number of nitrogens with zero attached hydrogens (tertiary/aromatic N) is 2. The van der Waals surface area contributed by atoms with Gasteiger partial charge in [-0.05, 0) is 49.6 Å². The number of amides is 2. The Hall–Kier alpha value is -2.69. The van der Waals surface area contributed by atoms with Gasteiger partial charge in [0.25, 0.3) is 0 Å². The lowest BCUT2D eigenvalue weighted by Crippen LogP contribution is -2.53. The molecule has 1 aliphatic rings. The molecule has 12 heteroatoms. The summed E-state index contributed by atoms with van der Waals surface area (Å²) >= 11 is 12.4. The number of carbonyl (C=O) groups excluding carboxylic acids is 2. The molecule has 9 nitrogen and oxygen atoms in total. The van der Waals surface area contributed by atoms with Crippen LogP contribution in [-0.4, -0.2) is 63.2 Å². The third kappa shape index (κ3) is 7.45. The van der Waals surface area contributed by atoms with Crippen LogP contribution in [0, 0.1) is 0 Å². The van der Waals surface area contributed by atoms with Crippen LogP contribution in [0.5, 0.6) is 11.5 Å². The van der Waals surface area contributed by atoms with Crippen LogP contribution in [0.2, 0.25) is 10.0 Å². The standard InChI is InChI=1S/C26H33Cl2N3O6S/c1-5-17(3)29-26(33)22(6-2)30(15-18-7-8-19(27)13-21(18)28)25(32)16-31(38(4,34)35)20-9-10-23-24(14-20)37-12-11-36-23/h7-10,13-14,17,22H,5-6,11-12,15-16H2,1-4H3,(H,29,33). The second-order valence-electron chi connectivity index (χ2n) is 9.10. The van der Waals surface area contributed by atoms with E-state index in [-0.39, 0.29) is 24.2 Å². The van der Waals surface area contributed by atoms with Gasteiger partial charge in [-0.3, -0.25) is 13.9 Å². The molecule has 0 aromatic heterocycles. The highest BCUT2D eigenvalue weighted by Crippen LogP contribution is 2.35. The highest BCUT2D eigenvalue weighted by atomic mass is 35.5. The summed E-state index contributed by atoms with van der Waals surface area (Å²) in [6.07, 6.45) is 2.04. The summed E-state index contributed by atoms with van der Waals surface area (Å²) in [5.74, 6) is -0.0152. The molecule has 3 rings (SSSR count). The molecular formula is C26H33Cl2N3O6S. The van der Waals surface area contributed by atoms with Gasteiger partial charge in [-0.1, -0.05) is 43.1 Å². The predicted molar refractivity (Wildman–Crippen MR) is 149 cm³/mol. The molecule has 38 heavy (non-hydrogen) atoms. The molecular weight excluding hydrogens is 553 g/mol. The first-order valence-electron chi connectivity index (χ1n) is 12.4. The van der Waals surface area contributed by atoms with Crippen LogP contribution in [0.15, 0.2) is 36.4 Å². The number of halogens is 2. The van der Waals surface area contributed by atoms with Crippen LogP contribution < -0.4 is 19.1 Å². The van der Waals surface area contributed by atoms with Gasteiger partial charge in [0.1, 0.15) is 25.8 Å². The lowest BCUT2D eigenvalue weighted by molar-refractivity contribution is -0.140. The summed E-state index contributed by atoms with van der Waals surface area (Å²) in [5.41, 5.74) is 0.816. The first-order valence-corrected chi connectivity index (χ1v) is 15.0. The third-order valence-corrected chi connectivity index (χ3v) is 7.96. The predicted octanol–water partition coefficient (Wildman–Crippen LogP) is 4.25. The number of nitrogens with one attached hydrogen (secondary N) is 1. The Morgan fingerprint density at radius 2 is 1.71 bits per heavy atom. The van der Waals surface area contributed by atoms with Crippen molar-refractivity contribution in [3.63, 3.8) is 0 Å². The van der Waals surface area contributed by atoms with Crippen LogP contribution in [0.25, 0.3) is 0 Å². The van der Waals surface area contributed by atoms with Gasteiger partial charge in [0.2, 0.25) is 21.8 Å². The van der Waals surface area contributed by atoms with E-state index in [0.717, 1.165) is 10.6 Å². The van der Waals surface area contributed by atoms with E-state index in [9.17, 15) is 18.0 Å². The second kappa shape index (κ2) is 12.9. The maximum Gasteiger partial charge on any atom is 0.244 e. The smallest absolute Gasteiger partial charge is 0.244 e. The zero-order chi connectivity index (χ0) is 28.0. The number of carbonyl (C=O) groups is 2. The molecule has 2 amide bonds. The van der Waals surface area contributed by atoms with Crippen molar-refractivity contribution in [1.82, 2.24) is 10.2 Å². The van der Waals surface area contributed by atoms with Crippen molar-refractivity contribution in [3.8, 4) is 11.5 Å². The van der Waals surface area contributed by atoms with Crippen molar-refractivity contribution in [2.45, 2.75) is 52.2 Å². The van der Waals surface area contributed by atoms with Gasteiger partial charge in [0.05, 0.1) is 11.9 Å². The molecule has 0 spiro atoms. The molecule has 0 saturated heterocycles. The first kappa shape index (κ1) is 29.9. The van der Waals surface area contributed by atoms with Crippen LogP contribution in [0.1, 0.15) is 39.2 Å². The van der Waals surface area contributed by atoms with Crippen molar-refractivity contribution in [2.75, 3.05) is 30.3 Å². The largest absolute Gasteiger partial charge is 0.486 e. The van der Waals surface area contributed by atoms with Gasteiger partial charge in [-0.25, -0.2) is 8.42 Å². The van der Waals surface area contributed by atoms with Crippen molar-refractivity contribution < 1.29 is 27.5 Å². The van der Waals surface area contributed by atoms with E-state index in [4.69, 9.17) is 32.7 Å².